The zero-order valence-corrected chi connectivity index (χ0v) is 18.4. The van der Waals surface area contributed by atoms with E-state index in [1.807, 2.05) is 0 Å². The Morgan fingerprint density at radius 3 is 2.00 bits per heavy atom. The number of amides is 3. The Hall–Kier alpha value is -2.61. The molecule has 34 heavy (non-hydrogen) atoms. The van der Waals surface area contributed by atoms with Crippen LogP contribution in [-0.4, -0.2) is 48.3 Å². The molecule has 0 aliphatic heterocycles. The summed E-state index contributed by atoms with van der Waals surface area (Å²) in [6.45, 7) is 0. The molecule has 0 heterocycles. The maximum absolute atomic E-state index is 14.4. The lowest BCUT2D eigenvalue weighted by Crippen LogP contribution is -2.49. The van der Waals surface area contributed by atoms with Gasteiger partial charge in [0.25, 0.3) is 5.91 Å². The van der Waals surface area contributed by atoms with Gasteiger partial charge in [0.05, 0.1) is 16.3 Å². The molecule has 0 atom stereocenters. The molecule has 0 aliphatic carbocycles. The van der Waals surface area contributed by atoms with Gasteiger partial charge in [-0.1, -0.05) is 17.7 Å². The molecular weight excluding hydrogens is 527 g/mol. The largest absolute Gasteiger partial charge is 0.460 e. The minimum atomic E-state index is -6.56. The third-order valence-corrected chi connectivity index (χ3v) is 5.62. The van der Waals surface area contributed by atoms with E-state index in [1.54, 1.807) is 0 Å². The minimum Gasteiger partial charge on any atom is -0.294 e. The summed E-state index contributed by atoms with van der Waals surface area (Å²) in [6, 6.07) is 3.46. The Morgan fingerprint density at radius 1 is 0.912 bits per heavy atom. The summed E-state index contributed by atoms with van der Waals surface area (Å²) in [5, 5.41) is -6.00. The molecule has 4 nitrogen and oxygen atoms in total. The van der Waals surface area contributed by atoms with Crippen LogP contribution in [-0.2, 0) is 0 Å². The normalized spacial score (nSPS) is 12.5. The van der Waals surface area contributed by atoms with E-state index in [0.717, 1.165) is 20.2 Å². The molecule has 2 rings (SSSR count). The van der Waals surface area contributed by atoms with Crippen molar-refractivity contribution in [3.8, 4) is 0 Å². The van der Waals surface area contributed by atoms with E-state index in [9.17, 15) is 49.1 Å². The summed E-state index contributed by atoms with van der Waals surface area (Å²) in [4.78, 5) is 24.8. The third kappa shape index (κ3) is 5.22. The lowest BCUT2D eigenvalue weighted by molar-refractivity contribution is -0.330. The van der Waals surface area contributed by atoms with Gasteiger partial charge in [0, 0.05) is 19.0 Å². The fraction of sp³-hybridized carbons (Fsp3) is 0.263. The maximum Gasteiger partial charge on any atom is 0.460 e. The standard InChI is InChI=1S/C19H12ClF9N2O2S/c1-30(16(33)31(2)15(32)14-10(20)4-3-5-11(14)21)13-7-6-9(8-12(13)22)34-19(28,29)17(23,24)18(25,26)27/h3-8H,1-2H3. The van der Waals surface area contributed by atoms with Gasteiger partial charge in [-0.05, 0) is 42.1 Å². The lowest BCUT2D eigenvalue weighted by Gasteiger charge is -2.28. The Labute approximate surface area is 195 Å². The number of rotatable bonds is 5. The number of alkyl halides is 7. The van der Waals surface area contributed by atoms with Crippen LogP contribution in [0.5, 0.6) is 0 Å². The number of anilines is 1. The first-order valence-electron chi connectivity index (χ1n) is 8.73. The highest BCUT2D eigenvalue weighted by Gasteiger charge is 2.73. The van der Waals surface area contributed by atoms with Crippen LogP contribution in [0.15, 0.2) is 41.3 Å². The molecule has 0 aromatic heterocycles. The highest BCUT2D eigenvalue weighted by Crippen LogP contribution is 2.54. The zero-order chi connectivity index (χ0) is 26.2. The molecule has 0 unspecified atom stereocenters. The highest BCUT2D eigenvalue weighted by atomic mass is 35.5. The van der Waals surface area contributed by atoms with Gasteiger partial charge in [0.1, 0.15) is 11.6 Å². The molecule has 15 heteroatoms. The van der Waals surface area contributed by atoms with Gasteiger partial charge in [-0.15, -0.1) is 0 Å². The number of hydrogen-bond acceptors (Lipinski definition) is 3. The van der Waals surface area contributed by atoms with Crippen molar-refractivity contribution in [1.29, 1.82) is 0 Å². The molecule has 2 aromatic rings. The fourth-order valence-corrected chi connectivity index (χ4v) is 3.57. The van der Waals surface area contributed by atoms with Crippen molar-refractivity contribution in [2.24, 2.45) is 0 Å². The van der Waals surface area contributed by atoms with Gasteiger partial charge in [0.2, 0.25) is 0 Å². The predicted octanol–water partition coefficient (Wildman–Crippen LogP) is 6.83. The summed E-state index contributed by atoms with van der Waals surface area (Å²) in [6.07, 6.45) is -6.56. The Balaban J connectivity index is 2.27. The van der Waals surface area contributed by atoms with Gasteiger partial charge >= 0.3 is 23.4 Å². The van der Waals surface area contributed by atoms with Crippen LogP contribution >= 0.6 is 23.4 Å². The number of urea groups is 1. The van der Waals surface area contributed by atoms with Gasteiger partial charge in [-0.3, -0.25) is 14.6 Å². The molecule has 0 radical (unpaired) electrons. The Morgan fingerprint density at radius 2 is 1.50 bits per heavy atom. The number of carbonyl (C=O) groups excluding carboxylic acids is 2. The molecular formula is C19H12ClF9N2O2S. The van der Waals surface area contributed by atoms with E-state index in [0.29, 0.717) is 21.9 Å². The Bertz CT molecular complexity index is 1090. The summed E-state index contributed by atoms with van der Waals surface area (Å²) in [7, 11) is 1.85. The average molecular weight is 539 g/mol. The van der Waals surface area contributed by atoms with Crippen LogP contribution in [0.3, 0.4) is 0 Å². The van der Waals surface area contributed by atoms with E-state index in [-0.39, 0.29) is 11.1 Å². The van der Waals surface area contributed by atoms with E-state index in [2.05, 4.69) is 0 Å². The second-order valence-electron chi connectivity index (χ2n) is 6.61. The van der Waals surface area contributed by atoms with Crippen LogP contribution in [0.2, 0.25) is 5.02 Å². The first-order valence-corrected chi connectivity index (χ1v) is 9.92. The van der Waals surface area contributed by atoms with Crippen molar-refractivity contribution in [2.45, 2.75) is 22.2 Å². The smallest absolute Gasteiger partial charge is 0.294 e. The first kappa shape index (κ1) is 27.6. The van der Waals surface area contributed by atoms with Crippen molar-refractivity contribution in [3.05, 3.63) is 58.6 Å². The van der Waals surface area contributed by atoms with Crippen LogP contribution in [0.4, 0.5) is 50.0 Å². The third-order valence-electron chi connectivity index (χ3n) is 4.30. The predicted molar refractivity (Wildman–Crippen MR) is 106 cm³/mol. The number of thioether (sulfide) groups is 1. The van der Waals surface area contributed by atoms with Crippen molar-refractivity contribution < 1.29 is 49.1 Å². The molecule has 0 bridgehead atoms. The second-order valence-corrected chi connectivity index (χ2v) is 8.20. The summed E-state index contributed by atoms with van der Waals surface area (Å²) in [5.74, 6) is -10.1. The number of benzene rings is 2. The molecule has 0 saturated carbocycles. The zero-order valence-electron chi connectivity index (χ0n) is 16.9. The molecule has 0 spiro atoms. The van der Waals surface area contributed by atoms with Crippen LogP contribution < -0.4 is 4.90 Å². The molecule has 2 aromatic carbocycles. The first-order chi connectivity index (χ1) is 15.4. The van der Waals surface area contributed by atoms with Crippen LogP contribution in [0.25, 0.3) is 0 Å². The SMILES string of the molecule is CN(C(=O)c1c(F)cccc1Cl)C(=O)N(C)c1ccc(SC(F)(F)C(F)(F)C(F)(F)F)cc1F. The van der Waals surface area contributed by atoms with Crippen molar-refractivity contribution in [2.75, 3.05) is 19.0 Å². The molecule has 0 N–H and O–H groups in total. The molecule has 0 fully saturated rings. The van der Waals surface area contributed by atoms with Crippen LogP contribution in [0, 0.1) is 11.6 Å². The molecule has 0 saturated heterocycles. The van der Waals surface area contributed by atoms with E-state index >= 15 is 0 Å². The number of halogens is 10. The van der Waals surface area contributed by atoms with Crippen molar-refractivity contribution in [3.63, 3.8) is 0 Å². The van der Waals surface area contributed by atoms with Gasteiger partial charge in [0.15, 0.2) is 0 Å². The van der Waals surface area contributed by atoms with Gasteiger partial charge < -0.3 is 0 Å². The lowest BCUT2D eigenvalue weighted by atomic mass is 10.2. The summed E-state index contributed by atoms with van der Waals surface area (Å²) >= 11 is 4.53. The number of imide groups is 1. The number of carbonyl (C=O) groups is 2. The van der Waals surface area contributed by atoms with E-state index < -0.39 is 68.8 Å². The van der Waals surface area contributed by atoms with Crippen molar-refractivity contribution in [1.82, 2.24) is 4.90 Å². The van der Waals surface area contributed by atoms with E-state index in [4.69, 9.17) is 11.6 Å². The maximum atomic E-state index is 14.4. The van der Waals surface area contributed by atoms with Gasteiger partial charge in [-0.25, -0.2) is 13.6 Å². The summed E-state index contributed by atoms with van der Waals surface area (Å²) < 4.78 is 118. The molecule has 186 valence electrons. The molecule has 0 aliphatic rings. The van der Waals surface area contributed by atoms with Crippen molar-refractivity contribution >= 4 is 41.0 Å². The second kappa shape index (κ2) is 9.56. The topological polar surface area (TPSA) is 40.6 Å². The van der Waals surface area contributed by atoms with Gasteiger partial charge in [-0.2, -0.15) is 30.7 Å². The fourth-order valence-electron chi connectivity index (χ4n) is 2.48. The number of hydrogen-bond donors (Lipinski definition) is 0. The van der Waals surface area contributed by atoms with Crippen LogP contribution in [0.1, 0.15) is 10.4 Å². The minimum absolute atomic E-state index is 0.208. The Kier molecular flexibility index (Phi) is 7.77. The van der Waals surface area contributed by atoms with E-state index in [1.165, 1.54) is 12.1 Å². The average Bonchev–Trinajstić information content (AvgIpc) is 2.70. The number of nitrogens with zero attached hydrogens (tertiary/aromatic N) is 2. The quantitative estimate of drug-likeness (QED) is 0.309. The monoisotopic (exact) mass is 538 g/mol. The molecule has 3 amide bonds. The summed E-state index contributed by atoms with van der Waals surface area (Å²) in [5.41, 5.74) is -1.31. The highest BCUT2D eigenvalue weighted by molar-refractivity contribution is 8.00.